The Kier molecular flexibility index (Phi) is 5.94. The third kappa shape index (κ3) is 3.91. The third-order valence-corrected chi connectivity index (χ3v) is 5.99. The molecule has 2 aromatic rings. The zero-order chi connectivity index (χ0) is 18.7. The third-order valence-electron chi connectivity index (χ3n) is 4.60. The van der Waals surface area contributed by atoms with Crippen molar-refractivity contribution in [2.45, 2.75) is 51.5 Å². The van der Waals surface area contributed by atoms with Gasteiger partial charge < -0.3 is 9.67 Å². The van der Waals surface area contributed by atoms with E-state index in [0.29, 0.717) is 21.8 Å². The lowest BCUT2D eigenvalue weighted by Crippen LogP contribution is -2.29. The predicted molar refractivity (Wildman–Crippen MR) is 102 cm³/mol. The van der Waals surface area contributed by atoms with Crippen LogP contribution >= 0.6 is 22.9 Å². The van der Waals surface area contributed by atoms with E-state index in [1.165, 1.54) is 11.3 Å². The van der Waals surface area contributed by atoms with Gasteiger partial charge in [-0.25, -0.2) is 4.79 Å². The van der Waals surface area contributed by atoms with Crippen molar-refractivity contribution >= 4 is 34.8 Å². The maximum atomic E-state index is 12.6. The molecule has 0 radical (unpaired) electrons. The zero-order valence-corrected chi connectivity index (χ0v) is 16.1. The summed E-state index contributed by atoms with van der Waals surface area (Å²) in [5.74, 6) is -1.30. The van der Waals surface area contributed by atoms with Gasteiger partial charge in [-0.3, -0.25) is 4.79 Å². The number of hydrogen-bond donors (Lipinski definition) is 1. The predicted octanol–water partition coefficient (Wildman–Crippen LogP) is 4.25. The van der Waals surface area contributed by atoms with Gasteiger partial charge in [0, 0.05) is 21.2 Å². The monoisotopic (exact) mass is 392 g/mol. The first kappa shape index (κ1) is 18.9. The van der Waals surface area contributed by atoms with Crippen LogP contribution < -0.4 is 4.80 Å². The Labute approximate surface area is 161 Å². The highest BCUT2D eigenvalue weighted by Crippen LogP contribution is 2.26. The minimum atomic E-state index is -0.894. The molecule has 0 bridgehead atoms. The fourth-order valence-electron chi connectivity index (χ4n) is 3.32. The number of aromatic nitrogens is 1. The lowest BCUT2D eigenvalue weighted by molar-refractivity contribution is -0.141. The van der Waals surface area contributed by atoms with Gasteiger partial charge >= 0.3 is 5.97 Å². The molecule has 0 saturated carbocycles. The van der Waals surface area contributed by atoms with Crippen molar-refractivity contribution in [1.29, 1.82) is 0 Å². The van der Waals surface area contributed by atoms with Crippen LogP contribution in [0.1, 0.15) is 59.6 Å². The van der Waals surface area contributed by atoms with E-state index in [9.17, 15) is 14.7 Å². The van der Waals surface area contributed by atoms with Gasteiger partial charge in [-0.2, -0.15) is 4.99 Å². The van der Waals surface area contributed by atoms with Crippen molar-refractivity contribution in [3.05, 3.63) is 50.2 Å². The molecule has 1 aromatic carbocycles. The summed E-state index contributed by atoms with van der Waals surface area (Å²) in [6, 6.07) is 5.93. The molecule has 3 rings (SSSR count). The Morgan fingerprint density at radius 2 is 2.08 bits per heavy atom. The van der Waals surface area contributed by atoms with Crippen LogP contribution in [0, 0.1) is 0 Å². The van der Waals surface area contributed by atoms with Gasteiger partial charge in [0.05, 0.1) is 0 Å². The zero-order valence-electron chi connectivity index (χ0n) is 14.6. The highest BCUT2D eigenvalue weighted by atomic mass is 35.5. The largest absolute Gasteiger partial charge is 0.480 e. The molecule has 5 nitrogen and oxygen atoms in total. The van der Waals surface area contributed by atoms with E-state index in [0.717, 1.165) is 42.7 Å². The minimum Gasteiger partial charge on any atom is -0.480 e. The van der Waals surface area contributed by atoms with Crippen LogP contribution in [0.15, 0.2) is 29.3 Å². The van der Waals surface area contributed by atoms with E-state index < -0.39 is 17.9 Å². The number of carbonyl (C=O) groups excluding carboxylic acids is 1. The van der Waals surface area contributed by atoms with E-state index in [-0.39, 0.29) is 0 Å². The number of aliphatic carboxylic acids is 1. The van der Waals surface area contributed by atoms with Crippen molar-refractivity contribution in [1.82, 2.24) is 4.57 Å². The Morgan fingerprint density at radius 1 is 1.31 bits per heavy atom. The lowest BCUT2D eigenvalue weighted by Gasteiger charge is -2.16. The molecule has 1 aromatic heterocycles. The second-order valence-corrected chi connectivity index (χ2v) is 7.87. The minimum absolute atomic E-state index is 0.399. The summed E-state index contributed by atoms with van der Waals surface area (Å²) in [5, 5.41) is 10.1. The van der Waals surface area contributed by atoms with Crippen LogP contribution in [0.3, 0.4) is 0 Å². The van der Waals surface area contributed by atoms with Gasteiger partial charge in [-0.05, 0) is 50.3 Å². The van der Waals surface area contributed by atoms with Gasteiger partial charge in [-0.15, -0.1) is 11.3 Å². The first-order chi connectivity index (χ1) is 12.5. The second-order valence-electron chi connectivity index (χ2n) is 6.37. The van der Waals surface area contributed by atoms with Crippen LogP contribution in [-0.4, -0.2) is 21.6 Å². The number of carboxylic acid groups (broad SMARTS) is 1. The van der Waals surface area contributed by atoms with E-state index in [1.807, 2.05) is 6.92 Å². The summed E-state index contributed by atoms with van der Waals surface area (Å²) < 4.78 is 1.77. The molecule has 1 atom stereocenters. The number of carboxylic acids is 1. The highest BCUT2D eigenvalue weighted by molar-refractivity contribution is 7.09. The van der Waals surface area contributed by atoms with Gasteiger partial charge in [0.1, 0.15) is 6.04 Å². The number of nitrogens with zero attached hydrogens (tertiary/aromatic N) is 2. The summed E-state index contributed by atoms with van der Waals surface area (Å²) >= 11 is 7.41. The summed E-state index contributed by atoms with van der Waals surface area (Å²) in [6.07, 6.45) is 5.43. The van der Waals surface area contributed by atoms with Crippen LogP contribution in [0.5, 0.6) is 0 Å². The van der Waals surface area contributed by atoms with Crippen molar-refractivity contribution in [3.63, 3.8) is 0 Å². The first-order valence-corrected chi connectivity index (χ1v) is 10.0. The maximum absolute atomic E-state index is 12.6. The Balaban J connectivity index is 2.14. The van der Waals surface area contributed by atoms with E-state index in [1.54, 1.807) is 28.8 Å². The molecule has 0 aliphatic heterocycles. The molecule has 7 heteroatoms. The quantitative estimate of drug-likeness (QED) is 0.790. The Bertz CT molecular complexity index is 900. The van der Waals surface area contributed by atoms with Crippen molar-refractivity contribution in [2.75, 3.05) is 0 Å². The normalized spacial score (nSPS) is 16.0. The molecule has 1 heterocycles. The summed E-state index contributed by atoms with van der Waals surface area (Å²) in [7, 11) is 0. The maximum Gasteiger partial charge on any atom is 0.326 e. The molecular formula is C19H21ClN2O3S. The number of aryl methyl sites for hydroxylation is 1. The molecule has 26 heavy (non-hydrogen) atoms. The van der Waals surface area contributed by atoms with E-state index >= 15 is 0 Å². The average Bonchev–Trinajstić information content (AvgIpc) is 2.78. The molecule has 1 amide bonds. The van der Waals surface area contributed by atoms with Crippen LogP contribution in [0.4, 0.5) is 0 Å². The Hall–Kier alpha value is -1.92. The van der Waals surface area contributed by atoms with Crippen LogP contribution in [0.25, 0.3) is 0 Å². The van der Waals surface area contributed by atoms with Crippen molar-refractivity contribution in [2.24, 2.45) is 4.99 Å². The fourth-order valence-corrected chi connectivity index (χ4v) is 4.76. The number of thiazole rings is 1. The Morgan fingerprint density at radius 3 is 2.77 bits per heavy atom. The van der Waals surface area contributed by atoms with E-state index in [2.05, 4.69) is 4.99 Å². The number of carbonyl (C=O) groups is 2. The number of halogens is 1. The number of amides is 1. The van der Waals surface area contributed by atoms with Gasteiger partial charge in [0.25, 0.3) is 5.91 Å². The second kappa shape index (κ2) is 8.18. The molecule has 1 aliphatic carbocycles. The van der Waals surface area contributed by atoms with Crippen LogP contribution in [0.2, 0.25) is 5.02 Å². The highest BCUT2D eigenvalue weighted by Gasteiger charge is 2.25. The summed E-state index contributed by atoms with van der Waals surface area (Å²) in [4.78, 5) is 30.3. The molecule has 0 spiro atoms. The SMILES string of the molecule is CCC(C(=O)O)n1c2c(s/c1=N\C(=O)c1cccc(Cl)c1)CCCCC2. The van der Waals surface area contributed by atoms with Gasteiger partial charge in [0.2, 0.25) is 0 Å². The van der Waals surface area contributed by atoms with E-state index in [4.69, 9.17) is 11.6 Å². The number of benzene rings is 1. The first-order valence-electron chi connectivity index (χ1n) is 8.81. The summed E-state index contributed by atoms with van der Waals surface area (Å²) in [6.45, 7) is 1.84. The van der Waals surface area contributed by atoms with Gasteiger partial charge in [0.15, 0.2) is 4.80 Å². The van der Waals surface area contributed by atoms with Crippen molar-refractivity contribution in [3.8, 4) is 0 Å². The number of fused-ring (bicyclic) bond motifs is 1. The molecule has 0 fully saturated rings. The molecule has 1 aliphatic rings. The molecule has 1 unspecified atom stereocenters. The molecular weight excluding hydrogens is 372 g/mol. The average molecular weight is 393 g/mol. The lowest BCUT2D eigenvalue weighted by atomic mass is 10.1. The topological polar surface area (TPSA) is 71.7 Å². The van der Waals surface area contributed by atoms with Crippen molar-refractivity contribution < 1.29 is 14.7 Å². The molecule has 0 saturated heterocycles. The summed E-state index contributed by atoms with van der Waals surface area (Å²) in [5.41, 5.74) is 1.43. The number of hydrogen-bond acceptors (Lipinski definition) is 3. The van der Waals surface area contributed by atoms with Gasteiger partial charge in [-0.1, -0.05) is 31.0 Å². The standard InChI is InChI=1S/C19H21ClN2O3S/c1-2-14(18(24)25)22-15-9-4-3-5-10-16(15)26-19(22)21-17(23)12-7-6-8-13(20)11-12/h6-8,11,14H,2-5,9-10H2,1H3,(H,24,25)/b21-19-. The smallest absolute Gasteiger partial charge is 0.326 e. The molecule has 138 valence electrons. The van der Waals surface area contributed by atoms with Crippen LogP contribution in [-0.2, 0) is 17.6 Å². The number of rotatable bonds is 4. The fraction of sp³-hybridized carbons (Fsp3) is 0.421. The molecule has 1 N–H and O–H groups in total.